The molecule has 84 valence electrons. The Hall–Kier alpha value is -2.70. The third-order valence-corrected chi connectivity index (χ3v) is 2.37. The standard InChI is InChI=1S/C10H7N5O2/c16-10(17)9-13-8(14-3-1-12-6-14)7-5-11-2-4-15(7)9/h1-6H,(H,16,17). The van der Waals surface area contributed by atoms with Gasteiger partial charge in [0.15, 0.2) is 5.82 Å². The monoisotopic (exact) mass is 229 g/mol. The molecule has 3 aromatic heterocycles. The maximum Gasteiger partial charge on any atom is 0.372 e. The van der Waals surface area contributed by atoms with Crippen molar-refractivity contribution in [3.05, 3.63) is 43.1 Å². The number of nitrogens with zero attached hydrogens (tertiary/aromatic N) is 5. The van der Waals surface area contributed by atoms with Crippen molar-refractivity contribution >= 4 is 11.5 Å². The molecule has 0 aliphatic carbocycles. The summed E-state index contributed by atoms with van der Waals surface area (Å²) in [5, 5.41) is 9.07. The van der Waals surface area contributed by atoms with E-state index in [1.807, 2.05) is 0 Å². The second kappa shape index (κ2) is 3.41. The van der Waals surface area contributed by atoms with Crippen molar-refractivity contribution in [2.75, 3.05) is 0 Å². The molecule has 0 bridgehead atoms. The van der Waals surface area contributed by atoms with Crippen LogP contribution in [0.1, 0.15) is 10.6 Å². The lowest BCUT2D eigenvalue weighted by Crippen LogP contribution is -2.03. The molecule has 0 spiro atoms. The Bertz CT molecular complexity index is 686. The SMILES string of the molecule is O=C(O)c1nc(-n2ccnc2)c2cnccn12. The van der Waals surface area contributed by atoms with Crippen molar-refractivity contribution < 1.29 is 9.90 Å². The molecule has 7 nitrogen and oxygen atoms in total. The Morgan fingerprint density at radius 2 is 2.06 bits per heavy atom. The van der Waals surface area contributed by atoms with Crippen LogP contribution in [0.4, 0.5) is 0 Å². The highest BCUT2D eigenvalue weighted by Crippen LogP contribution is 2.15. The van der Waals surface area contributed by atoms with Gasteiger partial charge in [0.25, 0.3) is 0 Å². The van der Waals surface area contributed by atoms with E-state index in [4.69, 9.17) is 5.11 Å². The van der Waals surface area contributed by atoms with Crippen LogP contribution in [-0.4, -0.2) is 35.0 Å². The van der Waals surface area contributed by atoms with Crippen LogP contribution in [-0.2, 0) is 0 Å². The average Bonchev–Trinajstić information content (AvgIpc) is 2.95. The minimum atomic E-state index is -1.09. The number of carbonyl (C=O) groups is 1. The molecule has 0 amide bonds. The van der Waals surface area contributed by atoms with Crippen LogP contribution in [0.15, 0.2) is 37.3 Å². The lowest BCUT2D eigenvalue weighted by Gasteiger charge is -1.96. The summed E-state index contributed by atoms with van der Waals surface area (Å²) in [5.74, 6) is -0.642. The van der Waals surface area contributed by atoms with Crippen LogP contribution < -0.4 is 0 Å². The van der Waals surface area contributed by atoms with Crippen molar-refractivity contribution in [1.82, 2.24) is 23.9 Å². The first-order chi connectivity index (χ1) is 8.27. The van der Waals surface area contributed by atoms with Gasteiger partial charge < -0.3 is 5.11 Å². The van der Waals surface area contributed by atoms with Crippen molar-refractivity contribution in [2.45, 2.75) is 0 Å². The lowest BCUT2D eigenvalue weighted by atomic mass is 10.5. The van der Waals surface area contributed by atoms with Crippen LogP contribution in [0, 0.1) is 0 Å². The molecule has 7 heteroatoms. The number of rotatable bonds is 2. The molecule has 0 saturated heterocycles. The number of imidazole rings is 2. The predicted octanol–water partition coefficient (Wildman–Crippen LogP) is 0.613. The molecule has 0 unspecified atom stereocenters. The van der Waals surface area contributed by atoms with Gasteiger partial charge in [-0.2, -0.15) is 0 Å². The summed E-state index contributed by atoms with van der Waals surface area (Å²) in [5.41, 5.74) is 0.614. The van der Waals surface area contributed by atoms with Gasteiger partial charge in [-0.3, -0.25) is 14.0 Å². The summed E-state index contributed by atoms with van der Waals surface area (Å²) < 4.78 is 3.12. The Labute approximate surface area is 95.0 Å². The van der Waals surface area contributed by atoms with Crippen LogP contribution in [0.3, 0.4) is 0 Å². The second-order valence-electron chi connectivity index (χ2n) is 3.37. The molecule has 0 radical (unpaired) electrons. The van der Waals surface area contributed by atoms with Gasteiger partial charge in [-0.05, 0) is 0 Å². The molecule has 0 saturated carbocycles. The summed E-state index contributed by atoms with van der Waals surface area (Å²) in [6.07, 6.45) is 9.49. The van der Waals surface area contributed by atoms with Crippen LogP contribution in [0.5, 0.6) is 0 Å². The molecule has 3 rings (SSSR count). The zero-order chi connectivity index (χ0) is 11.8. The fourth-order valence-corrected chi connectivity index (χ4v) is 1.65. The quantitative estimate of drug-likeness (QED) is 0.696. The number of carboxylic acid groups (broad SMARTS) is 1. The smallest absolute Gasteiger partial charge is 0.372 e. The Kier molecular flexibility index (Phi) is 1.91. The van der Waals surface area contributed by atoms with Gasteiger partial charge in [-0.1, -0.05) is 0 Å². The van der Waals surface area contributed by atoms with E-state index in [9.17, 15) is 4.79 Å². The van der Waals surface area contributed by atoms with E-state index < -0.39 is 5.97 Å². The van der Waals surface area contributed by atoms with E-state index in [0.29, 0.717) is 11.3 Å². The average molecular weight is 229 g/mol. The molecule has 0 aromatic carbocycles. The highest BCUT2D eigenvalue weighted by molar-refractivity contribution is 5.86. The predicted molar refractivity (Wildman–Crippen MR) is 57.1 cm³/mol. The summed E-state index contributed by atoms with van der Waals surface area (Å²) in [6.45, 7) is 0. The lowest BCUT2D eigenvalue weighted by molar-refractivity contribution is 0.0683. The van der Waals surface area contributed by atoms with E-state index in [1.54, 1.807) is 35.7 Å². The first-order valence-electron chi connectivity index (χ1n) is 4.81. The number of hydrogen-bond donors (Lipinski definition) is 1. The first kappa shape index (κ1) is 9.52. The van der Waals surface area contributed by atoms with Gasteiger partial charge in [0, 0.05) is 24.8 Å². The van der Waals surface area contributed by atoms with E-state index in [2.05, 4.69) is 15.0 Å². The molecule has 3 aromatic rings. The minimum absolute atomic E-state index is 0.0499. The molecular formula is C10H7N5O2. The number of fused-ring (bicyclic) bond motifs is 1. The largest absolute Gasteiger partial charge is 0.475 e. The fraction of sp³-hybridized carbons (Fsp3) is 0. The summed E-state index contributed by atoms with van der Waals surface area (Å²) in [7, 11) is 0. The van der Waals surface area contributed by atoms with Gasteiger partial charge in [-0.15, -0.1) is 0 Å². The highest BCUT2D eigenvalue weighted by atomic mass is 16.4. The zero-order valence-corrected chi connectivity index (χ0v) is 8.56. The molecular weight excluding hydrogens is 222 g/mol. The first-order valence-corrected chi connectivity index (χ1v) is 4.81. The second-order valence-corrected chi connectivity index (χ2v) is 3.37. The van der Waals surface area contributed by atoms with Crippen molar-refractivity contribution in [2.24, 2.45) is 0 Å². The minimum Gasteiger partial charge on any atom is -0.475 e. The highest BCUT2D eigenvalue weighted by Gasteiger charge is 2.16. The van der Waals surface area contributed by atoms with Crippen LogP contribution in [0.25, 0.3) is 11.3 Å². The summed E-state index contributed by atoms with van der Waals surface area (Å²) in [4.78, 5) is 23.0. The Morgan fingerprint density at radius 1 is 1.24 bits per heavy atom. The normalized spacial score (nSPS) is 10.8. The molecule has 0 aliphatic rings. The molecule has 0 aliphatic heterocycles. The molecule has 0 fully saturated rings. The molecule has 3 heterocycles. The molecule has 1 N–H and O–H groups in total. The third kappa shape index (κ3) is 1.36. The van der Waals surface area contributed by atoms with E-state index in [1.165, 1.54) is 10.6 Å². The van der Waals surface area contributed by atoms with E-state index in [-0.39, 0.29) is 5.82 Å². The maximum absolute atomic E-state index is 11.1. The van der Waals surface area contributed by atoms with Gasteiger partial charge in [-0.25, -0.2) is 14.8 Å². The number of carboxylic acids is 1. The number of hydrogen-bond acceptors (Lipinski definition) is 4. The van der Waals surface area contributed by atoms with Gasteiger partial charge in [0.1, 0.15) is 11.8 Å². The van der Waals surface area contributed by atoms with Crippen LogP contribution >= 0.6 is 0 Å². The van der Waals surface area contributed by atoms with E-state index in [0.717, 1.165) is 0 Å². The van der Waals surface area contributed by atoms with Crippen molar-refractivity contribution in [1.29, 1.82) is 0 Å². The third-order valence-electron chi connectivity index (χ3n) is 2.37. The number of aromatic carboxylic acids is 1. The topological polar surface area (TPSA) is 85.3 Å². The zero-order valence-electron chi connectivity index (χ0n) is 8.56. The Balaban J connectivity index is 2.37. The molecule has 17 heavy (non-hydrogen) atoms. The summed E-state index contributed by atoms with van der Waals surface area (Å²) in [6, 6.07) is 0. The Morgan fingerprint density at radius 3 is 2.76 bits per heavy atom. The fourth-order valence-electron chi connectivity index (χ4n) is 1.65. The van der Waals surface area contributed by atoms with Crippen molar-refractivity contribution in [3.63, 3.8) is 0 Å². The van der Waals surface area contributed by atoms with Crippen molar-refractivity contribution in [3.8, 4) is 5.82 Å². The van der Waals surface area contributed by atoms with Gasteiger partial charge >= 0.3 is 5.97 Å². The van der Waals surface area contributed by atoms with Gasteiger partial charge in [0.05, 0.1) is 6.20 Å². The number of aromatic nitrogens is 5. The van der Waals surface area contributed by atoms with E-state index >= 15 is 0 Å². The molecule has 0 atom stereocenters. The van der Waals surface area contributed by atoms with Crippen LogP contribution in [0.2, 0.25) is 0 Å². The van der Waals surface area contributed by atoms with Gasteiger partial charge in [0.2, 0.25) is 5.82 Å². The summed E-state index contributed by atoms with van der Waals surface area (Å²) >= 11 is 0. The maximum atomic E-state index is 11.1.